The summed E-state index contributed by atoms with van der Waals surface area (Å²) in [6.45, 7) is 5.91. The number of hydrogen-bond donors (Lipinski definition) is 1. The monoisotopic (exact) mass is 292 g/mol. The number of anilines is 1. The molecule has 1 N–H and O–H groups in total. The van der Waals surface area contributed by atoms with Crippen molar-refractivity contribution in [2.24, 2.45) is 7.05 Å². The molecular weight excluding hydrogens is 276 g/mol. The van der Waals surface area contributed by atoms with Crippen molar-refractivity contribution in [3.8, 4) is 0 Å². The van der Waals surface area contributed by atoms with Crippen molar-refractivity contribution < 1.29 is 9.72 Å². The average Bonchev–Trinajstić information content (AvgIpc) is 2.90. The van der Waals surface area contributed by atoms with Gasteiger partial charge in [-0.05, 0) is 20.8 Å². The van der Waals surface area contributed by atoms with Crippen LogP contribution in [0, 0.1) is 24.0 Å². The summed E-state index contributed by atoms with van der Waals surface area (Å²) in [5.74, 6) is -0.580. The number of nitrogens with zero attached hydrogens (tertiary/aromatic N) is 5. The zero-order chi connectivity index (χ0) is 15.7. The van der Waals surface area contributed by atoms with E-state index in [1.807, 2.05) is 13.8 Å². The van der Waals surface area contributed by atoms with Crippen LogP contribution in [0.4, 0.5) is 11.4 Å². The highest BCUT2D eigenvalue weighted by atomic mass is 16.6. The van der Waals surface area contributed by atoms with Crippen LogP contribution < -0.4 is 5.32 Å². The van der Waals surface area contributed by atoms with Crippen molar-refractivity contribution in [3.05, 3.63) is 33.4 Å². The number of nitrogens with one attached hydrogen (secondary N) is 1. The predicted molar refractivity (Wildman–Crippen MR) is 75.2 cm³/mol. The first-order valence-electron chi connectivity index (χ1n) is 6.38. The van der Waals surface area contributed by atoms with Gasteiger partial charge in [0.15, 0.2) is 0 Å². The molecule has 0 bridgehead atoms. The first-order valence-corrected chi connectivity index (χ1v) is 6.38. The molecule has 0 unspecified atom stereocenters. The average molecular weight is 292 g/mol. The maximum Gasteiger partial charge on any atom is 0.322 e. The van der Waals surface area contributed by atoms with E-state index < -0.39 is 10.8 Å². The van der Waals surface area contributed by atoms with Gasteiger partial charge >= 0.3 is 5.69 Å². The van der Waals surface area contributed by atoms with Crippen LogP contribution in [0.2, 0.25) is 0 Å². The number of carbonyl (C=O) groups is 1. The molecular formula is C12H16N6O3. The summed E-state index contributed by atoms with van der Waals surface area (Å²) in [6, 6.07) is 0. The van der Waals surface area contributed by atoms with E-state index in [2.05, 4.69) is 15.5 Å². The van der Waals surface area contributed by atoms with Crippen LogP contribution in [0.1, 0.15) is 28.8 Å². The van der Waals surface area contributed by atoms with Crippen LogP contribution in [-0.2, 0) is 13.6 Å². The van der Waals surface area contributed by atoms with Gasteiger partial charge in [0, 0.05) is 13.6 Å². The molecule has 9 heteroatoms. The lowest BCUT2D eigenvalue weighted by molar-refractivity contribution is -0.385. The number of carbonyl (C=O) groups excluding carboxylic acids is 1. The van der Waals surface area contributed by atoms with E-state index in [-0.39, 0.29) is 17.1 Å². The largest absolute Gasteiger partial charge is 0.322 e. The lowest BCUT2D eigenvalue weighted by Gasteiger charge is -2.05. The molecule has 21 heavy (non-hydrogen) atoms. The van der Waals surface area contributed by atoms with Crippen LogP contribution in [0.3, 0.4) is 0 Å². The van der Waals surface area contributed by atoms with Crippen molar-refractivity contribution in [1.82, 2.24) is 19.6 Å². The highest BCUT2D eigenvalue weighted by Gasteiger charge is 2.29. The van der Waals surface area contributed by atoms with Crippen LogP contribution in [0.5, 0.6) is 0 Å². The SMILES string of the molecule is CCn1ncc(NC(=O)c2c([N+](=O)[O-])c(C)nn2C)c1C. The fraction of sp³-hybridized carbons (Fsp3) is 0.417. The van der Waals surface area contributed by atoms with Crippen LogP contribution in [-0.4, -0.2) is 30.4 Å². The Labute approximate surface area is 120 Å². The number of aromatic nitrogens is 4. The Balaban J connectivity index is 2.37. The van der Waals surface area contributed by atoms with Gasteiger partial charge < -0.3 is 5.32 Å². The normalized spacial score (nSPS) is 10.7. The maximum absolute atomic E-state index is 12.3. The third-order valence-electron chi connectivity index (χ3n) is 3.24. The first kappa shape index (κ1) is 14.7. The fourth-order valence-electron chi connectivity index (χ4n) is 2.19. The Hall–Kier alpha value is -2.71. The van der Waals surface area contributed by atoms with Gasteiger partial charge in [-0.1, -0.05) is 0 Å². The Morgan fingerprint density at radius 2 is 2.14 bits per heavy atom. The van der Waals surface area contributed by atoms with Crippen molar-refractivity contribution in [3.63, 3.8) is 0 Å². The topological polar surface area (TPSA) is 108 Å². The van der Waals surface area contributed by atoms with Crippen molar-refractivity contribution in [1.29, 1.82) is 0 Å². The molecule has 0 saturated carbocycles. The lowest BCUT2D eigenvalue weighted by Crippen LogP contribution is -2.18. The molecule has 0 saturated heterocycles. The quantitative estimate of drug-likeness (QED) is 0.677. The molecule has 112 valence electrons. The number of nitro groups is 1. The molecule has 0 aliphatic rings. The molecule has 0 atom stereocenters. The van der Waals surface area contributed by atoms with Crippen molar-refractivity contribution in [2.75, 3.05) is 5.32 Å². The third-order valence-corrected chi connectivity index (χ3v) is 3.24. The number of aryl methyl sites for hydroxylation is 3. The number of hydrogen-bond acceptors (Lipinski definition) is 5. The molecule has 0 spiro atoms. The molecule has 2 rings (SSSR count). The minimum atomic E-state index is -0.598. The highest BCUT2D eigenvalue weighted by Crippen LogP contribution is 2.24. The first-order chi connectivity index (χ1) is 9.86. The van der Waals surface area contributed by atoms with Crippen molar-refractivity contribution in [2.45, 2.75) is 27.3 Å². The second-order valence-electron chi connectivity index (χ2n) is 4.58. The molecule has 0 aliphatic heterocycles. The molecule has 0 fully saturated rings. The summed E-state index contributed by atoms with van der Waals surface area (Å²) >= 11 is 0. The van der Waals surface area contributed by atoms with E-state index in [0.29, 0.717) is 12.2 Å². The lowest BCUT2D eigenvalue weighted by atomic mass is 10.2. The second kappa shape index (κ2) is 5.35. The smallest absolute Gasteiger partial charge is 0.317 e. The third kappa shape index (κ3) is 2.49. The van der Waals surface area contributed by atoms with E-state index in [0.717, 1.165) is 5.69 Å². The molecule has 1 amide bonds. The summed E-state index contributed by atoms with van der Waals surface area (Å²) in [5, 5.41) is 21.8. The van der Waals surface area contributed by atoms with Gasteiger partial charge in [-0.3, -0.25) is 24.3 Å². The van der Waals surface area contributed by atoms with Crippen molar-refractivity contribution >= 4 is 17.3 Å². The molecule has 2 aromatic rings. The van der Waals surface area contributed by atoms with Crippen LogP contribution >= 0.6 is 0 Å². The van der Waals surface area contributed by atoms with E-state index in [4.69, 9.17) is 0 Å². The summed E-state index contributed by atoms with van der Waals surface area (Å²) in [4.78, 5) is 22.8. The van der Waals surface area contributed by atoms with Gasteiger partial charge in [0.1, 0.15) is 5.69 Å². The van der Waals surface area contributed by atoms with Crippen LogP contribution in [0.25, 0.3) is 0 Å². The zero-order valence-corrected chi connectivity index (χ0v) is 12.2. The molecule has 2 aromatic heterocycles. The Bertz CT molecular complexity index is 715. The fourth-order valence-corrected chi connectivity index (χ4v) is 2.19. The molecule has 0 radical (unpaired) electrons. The minimum absolute atomic E-state index is 0.0823. The number of rotatable bonds is 4. The highest BCUT2D eigenvalue weighted by molar-refractivity contribution is 6.06. The van der Waals surface area contributed by atoms with Crippen LogP contribution in [0.15, 0.2) is 6.20 Å². The molecule has 9 nitrogen and oxygen atoms in total. The second-order valence-corrected chi connectivity index (χ2v) is 4.58. The minimum Gasteiger partial charge on any atom is -0.317 e. The maximum atomic E-state index is 12.3. The summed E-state index contributed by atoms with van der Waals surface area (Å²) < 4.78 is 2.93. The molecule has 0 aromatic carbocycles. The van der Waals surface area contributed by atoms with E-state index in [1.54, 1.807) is 4.68 Å². The van der Waals surface area contributed by atoms with E-state index in [1.165, 1.54) is 24.9 Å². The summed E-state index contributed by atoms with van der Waals surface area (Å²) in [7, 11) is 1.50. The van der Waals surface area contributed by atoms with E-state index in [9.17, 15) is 14.9 Å². The summed E-state index contributed by atoms with van der Waals surface area (Å²) in [6.07, 6.45) is 1.52. The van der Waals surface area contributed by atoms with Gasteiger partial charge in [-0.25, -0.2) is 0 Å². The zero-order valence-electron chi connectivity index (χ0n) is 12.2. The van der Waals surface area contributed by atoms with Gasteiger partial charge in [0.25, 0.3) is 5.91 Å². The Morgan fingerprint density at radius 3 is 2.67 bits per heavy atom. The number of amides is 1. The molecule has 2 heterocycles. The van der Waals surface area contributed by atoms with Gasteiger partial charge in [-0.2, -0.15) is 10.2 Å². The Kier molecular flexibility index (Phi) is 3.74. The standard InChI is InChI=1S/C12H16N6O3/c1-5-17-8(3)9(6-13-17)14-12(19)11-10(18(20)21)7(2)15-16(11)4/h6H,5H2,1-4H3,(H,14,19). The van der Waals surface area contributed by atoms with Gasteiger partial charge in [0.05, 0.1) is 22.5 Å². The van der Waals surface area contributed by atoms with E-state index >= 15 is 0 Å². The molecule has 0 aliphatic carbocycles. The van der Waals surface area contributed by atoms with Gasteiger partial charge in [0.2, 0.25) is 5.69 Å². The van der Waals surface area contributed by atoms with Gasteiger partial charge in [-0.15, -0.1) is 0 Å². The Morgan fingerprint density at radius 1 is 1.48 bits per heavy atom. The predicted octanol–water partition coefficient (Wildman–Crippen LogP) is 1.41. The summed E-state index contributed by atoms with van der Waals surface area (Å²) in [5.41, 5.74) is 1.15.